The molecule has 1 aromatic heterocycles. The molecule has 0 aliphatic rings. The number of hydrogen-bond acceptors (Lipinski definition) is 4. The van der Waals surface area contributed by atoms with Crippen LogP contribution < -0.4 is 5.73 Å². The Balaban J connectivity index is 0.00000242. The molecular formula is C16H24Cl2N4O. The van der Waals surface area contributed by atoms with Crippen molar-refractivity contribution in [2.24, 2.45) is 10.9 Å². The third-order valence-electron chi connectivity index (χ3n) is 3.23. The van der Waals surface area contributed by atoms with Crippen molar-refractivity contribution in [2.45, 2.75) is 26.3 Å². The Morgan fingerprint density at radius 2 is 2.00 bits per heavy atom. The van der Waals surface area contributed by atoms with Gasteiger partial charge in [-0.3, -0.25) is 0 Å². The zero-order chi connectivity index (χ0) is 14.9. The van der Waals surface area contributed by atoms with Crippen molar-refractivity contribution in [2.75, 3.05) is 13.2 Å². The summed E-state index contributed by atoms with van der Waals surface area (Å²) < 4.78 is 2.14. The van der Waals surface area contributed by atoms with Crippen LogP contribution in [0.15, 0.2) is 47.9 Å². The summed E-state index contributed by atoms with van der Waals surface area (Å²) in [5, 5.41) is 4.24. The van der Waals surface area contributed by atoms with E-state index >= 15 is 0 Å². The lowest BCUT2D eigenvalue weighted by atomic mass is 10.1. The monoisotopic (exact) mass is 358 g/mol. The number of nitrogens with zero attached hydrogens (tertiary/aromatic N) is 3. The second kappa shape index (κ2) is 11.9. The maximum atomic E-state index is 5.43. The van der Waals surface area contributed by atoms with Crippen LogP contribution >= 0.6 is 24.8 Å². The van der Waals surface area contributed by atoms with Crippen molar-refractivity contribution >= 4 is 30.5 Å². The van der Waals surface area contributed by atoms with Gasteiger partial charge in [0.25, 0.3) is 0 Å². The molecule has 0 aliphatic heterocycles. The molecule has 0 bridgehead atoms. The summed E-state index contributed by atoms with van der Waals surface area (Å²) >= 11 is 0. The molecule has 0 saturated heterocycles. The molecule has 128 valence electrons. The Morgan fingerprint density at radius 3 is 2.61 bits per heavy atom. The van der Waals surface area contributed by atoms with Crippen LogP contribution in [0, 0.1) is 6.92 Å². The predicted molar refractivity (Wildman–Crippen MR) is 98.7 cm³/mol. The minimum Gasteiger partial charge on any atom is -0.394 e. The lowest BCUT2D eigenvalue weighted by Gasteiger charge is -2.08. The highest BCUT2D eigenvalue weighted by Crippen LogP contribution is 2.09. The number of rotatable bonds is 8. The Kier molecular flexibility index (Phi) is 11.1. The number of halogens is 2. The van der Waals surface area contributed by atoms with Crippen molar-refractivity contribution in [3.05, 3.63) is 54.1 Å². The van der Waals surface area contributed by atoms with Crippen LogP contribution in [0.3, 0.4) is 0 Å². The molecule has 2 rings (SSSR count). The Hall–Kier alpha value is -1.56. The largest absolute Gasteiger partial charge is 0.394 e. The van der Waals surface area contributed by atoms with Crippen molar-refractivity contribution in [1.29, 1.82) is 0 Å². The third kappa shape index (κ3) is 7.03. The standard InChI is InChI=1S/C16H22N4O.2ClH/c1-14-18-10-12-20(14)11-5-8-16(19-21-13-9-17)15-6-3-2-4-7-15;;/h2-4,6-7,10,12H,5,8-9,11,13,17H2,1H3;2*1H. The number of aryl methyl sites for hydroxylation is 2. The SMILES string of the molecule is Cc1nccn1CCCC(=NOCCN)c1ccccc1.Cl.Cl. The van der Waals surface area contributed by atoms with Gasteiger partial charge in [0.2, 0.25) is 0 Å². The van der Waals surface area contributed by atoms with Crippen molar-refractivity contribution in [1.82, 2.24) is 9.55 Å². The zero-order valence-corrected chi connectivity index (χ0v) is 14.9. The number of nitrogens with two attached hydrogens (primary N) is 1. The lowest BCUT2D eigenvalue weighted by molar-refractivity contribution is 0.151. The van der Waals surface area contributed by atoms with Gasteiger partial charge in [-0.25, -0.2) is 4.98 Å². The maximum absolute atomic E-state index is 5.43. The summed E-state index contributed by atoms with van der Waals surface area (Å²) in [4.78, 5) is 9.48. The van der Waals surface area contributed by atoms with Crippen LogP contribution in [-0.4, -0.2) is 28.4 Å². The van der Waals surface area contributed by atoms with Crippen LogP contribution in [0.2, 0.25) is 0 Å². The molecule has 0 unspecified atom stereocenters. The molecule has 0 radical (unpaired) electrons. The van der Waals surface area contributed by atoms with Crippen molar-refractivity contribution < 1.29 is 4.84 Å². The smallest absolute Gasteiger partial charge is 0.129 e. The molecule has 2 N–H and O–H groups in total. The summed E-state index contributed by atoms with van der Waals surface area (Å²) in [6.07, 6.45) is 5.66. The van der Waals surface area contributed by atoms with E-state index in [1.807, 2.05) is 49.6 Å². The molecule has 7 heteroatoms. The molecule has 1 aromatic carbocycles. The molecule has 0 atom stereocenters. The number of oxime groups is 1. The van der Waals surface area contributed by atoms with E-state index in [1.54, 1.807) is 0 Å². The van der Waals surface area contributed by atoms with Gasteiger partial charge in [-0.1, -0.05) is 35.5 Å². The normalized spacial score (nSPS) is 10.6. The fraction of sp³-hybridized carbons (Fsp3) is 0.375. The quantitative estimate of drug-likeness (QED) is 0.447. The summed E-state index contributed by atoms with van der Waals surface area (Å²) in [6, 6.07) is 10.1. The van der Waals surface area contributed by atoms with Crippen LogP contribution in [0.4, 0.5) is 0 Å². The Morgan fingerprint density at radius 1 is 1.26 bits per heavy atom. The first-order chi connectivity index (χ1) is 10.3. The molecule has 0 amide bonds. The fourth-order valence-electron chi connectivity index (χ4n) is 2.11. The van der Waals surface area contributed by atoms with Crippen LogP contribution in [0.25, 0.3) is 0 Å². The van der Waals surface area contributed by atoms with Crippen molar-refractivity contribution in [3.8, 4) is 0 Å². The molecule has 5 nitrogen and oxygen atoms in total. The number of benzene rings is 1. The summed E-state index contributed by atoms with van der Waals surface area (Å²) in [5.41, 5.74) is 7.48. The van der Waals surface area contributed by atoms with Gasteiger partial charge in [-0.2, -0.15) is 0 Å². The number of imidazole rings is 1. The molecule has 0 aliphatic carbocycles. The third-order valence-corrected chi connectivity index (χ3v) is 3.23. The van der Waals surface area contributed by atoms with E-state index in [0.717, 1.165) is 36.5 Å². The van der Waals surface area contributed by atoms with Crippen LogP contribution in [0.5, 0.6) is 0 Å². The average molecular weight is 359 g/mol. The first kappa shape index (κ1) is 21.4. The minimum absolute atomic E-state index is 0. The van der Waals surface area contributed by atoms with E-state index < -0.39 is 0 Å². The van der Waals surface area contributed by atoms with Gasteiger partial charge in [-0.05, 0) is 25.3 Å². The predicted octanol–water partition coefficient (Wildman–Crippen LogP) is 3.19. The Bertz CT molecular complexity index is 572. The molecular weight excluding hydrogens is 335 g/mol. The lowest BCUT2D eigenvalue weighted by Crippen LogP contribution is -2.09. The summed E-state index contributed by atoms with van der Waals surface area (Å²) in [6.45, 7) is 3.85. The summed E-state index contributed by atoms with van der Waals surface area (Å²) in [5.74, 6) is 1.03. The minimum atomic E-state index is 0. The second-order valence-corrected chi connectivity index (χ2v) is 4.80. The number of aromatic nitrogens is 2. The highest BCUT2D eigenvalue weighted by atomic mass is 35.5. The van der Waals surface area contributed by atoms with E-state index in [1.165, 1.54) is 0 Å². The summed E-state index contributed by atoms with van der Waals surface area (Å²) in [7, 11) is 0. The van der Waals surface area contributed by atoms with Gasteiger partial charge < -0.3 is 15.1 Å². The molecule has 0 saturated carbocycles. The Labute approximate surface area is 149 Å². The van der Waals surface area contributed by atoms with Crippen molar-refractivity contribution in [3.63, 3.8) is 0 Å². The van der Waals surface area contributed by atoms with Gasteiger partial charge in [0.1, 0.15) is 12.4 Å². The van der Waals surface area contributed by atoms with Gasteiger partial charge in [0, 0.05) is 25.5 Å². The fourth-order valence-corrected chi connectivity index (χ4v) is 2.11. The highest BCUT2D eigenvalue weighted by molar-refractivity contribution is 6.00. The highest BCUT2D eigenvalue weighted by Gasteiger charge is 2.05. The van der Waals surface area contributed by atoms with Gasteiger partial charge in [-0.15, -0.1) is 24.8 Å². The van der Waals surface area contributed by atoms with E-state index in [2.05, 4.69) is 14.7 Å². The van der Waals surface area contributed by atoms with Crippen LogP contribution in [0.1, 0.15) is 24.2 Å². The molecule has 2 aromatic rings. The zero-order valence-electron chi connectivity index (χ0n) is 13.2. The molecule has 0 spiro atoms. The topological polar surface area (TPSA) is 65.4 Å². The van der Waals surface area contributed by atoms with E-state index in [0.29, 0.717) is 13.2 Å². The van der Waals surface area contributed by atoms with E-state index in [-0.39, 0.29) is 24.8 Å². The number of hydrogen-bond donors (Lipinski definition) is 1. The maximum Gasteiger partial charge on any atom is 0.129 e. The first-order valence-corrected chi connectivity index (χ1v) is 7.23. The second-order valence-electron chi connectivity index (χ2n) is 4.80. The average Bonchev–Trinajstić information content (AvgIpc) is 2.92. The van der Waals surface area contributed by atoms with Gasteiger partial charge in [0.05, 0.1) is 5.71 Å². The first-order valence-electron chi connectivity index (χ1n) is 7.23. The molecule has 1 heterocycles. The van der Waals surface area contributed by atoms with Gasteiger partial charge >= 0.3 is 0 Å². The molecule has 23 heavy (non-hydrogen) atoms. The van der Waals surface area contributed by atoms with E-state index in [9.17, 15) is 0 Å². The van der Waals surface area contributed by atoms with Gasteiger partial charge in [0.15, 0.2) is 0 Å². The molecule has 0 fully saturated rings. The van der Waals surface area contributed by atoms with E-state index in [4.69, 9.17) is 10.6 Å². The van der Waals surface area contributed by atoms with Crippen LogP contribution in [-0.2, 0) is 11.4 Å².